The van der Waals surface area contributed by atoms with Gasteiger partial charge in [0.05, 0.1) is 44.5 Å². The van der Waals surface area contributed by atoms with Gasteiger partial charge in [-0.25, -0.2) is 0 Å². The Morgan fingerprint density at radius 3 is 1.01 bits per heavy atom. The van der Waals surface area contributed by atoms with Crippen LogP contribution >= 0.6 is 0 Å². The van der Waals surface area contributed by atoms with Gasteiger partial charge >= 0.3 is 0 Å². The lowest BCUT2D eigenvalue weighted by Gasteiger charge is -2.27. The van der Waals surface area contributed by atoms with Crippen LogP contribution in [0.25, 0.3) is 98.4 Å². The van der Waals surface area contributed by atoms with Crippen LogP contribution in [0, 0.1) is 0 Å². The van der Waals surface area contributed by atoms with Crippen LogP contribution in [-0.4, -0.2) is 8.80 Å². The van der Waals surface area contributed by atoms with Gasteiger partial charge in [0.15, 0.2) is 0 Å². The summed E-state index contributed by atoms with van der Waals surface area (Å²) in [5, 5.41) is 9.96. The van der Waals surface area contributed by atoms with E-state index in [4.69, 9.17) is 0 Å². The maximum Gasteiger partial charge on any atom is 0.0641 e. The Hall–Kier alpha value is -9.38. The zero-order valence-corrected chi connectivity index (χ0v) is 49.9. The van der Waals surface area contributed by atoms with Crippen LogP contribution in [0.4, 0.5) is 34.1 Å². The minimum absolute atomic E-state index is 0.0371. The van der Waals surface area contributed by atoms with Crippen molar-refractivity contribution in [3.63, 3.8) is 0 Å². The monoisotopic (exact) mass is 1090 g/mol. The van der Waals surface area contributed by atoms with Gasteiger partial charge in [0, 0.05) is 65.8 Å². The molecule has 0 aliphatic heterocycles. The lowest BCUT2D eigenvalue weighted by Crippen LogP contribution is -2.10. The van der Waals surface area contributed by atoms with Gasteiger partial charge in [-0.2, -0.15) is 0 Å². The second-order valence-corrected chi connectivity index (χ2v) is 26.2. The van der Waals surface area contributed by atoms with Crippen molar-refractivity contribution in [2.75, 3.05) is 9.80 Å². The Labute approximate surface area is 493 Å². The number of fused-ring (bicyclic) bond motifs is 12. The molecule has 11 aromatic carbocycles. The molecule has 0 amide bonds. The van der Waals surface area contributed by atoms with E-state index >= 15 is 0 Å². The van der Waals surface area contributed by atoms with E-state index in [0.29, 0.717) is 11.8 Å². The summed E-state index contributed by atoms with van der Waals surface area (Å²) in [4.78, 5) is 4.97. The molecule has 0 unspecified atom stereocenters. The molecule has 0 radical (unpaired) electrons. The third kappa shape index (κ3) is 7.94. The molecule has 0 saturated heterocycles. The summed E-state index contributed by atoms with van der Waals surface area (Å²) < 4.78 is 5.21. The molecule has 15 rings (SSSR count). The largest absolute Gasteiger partial charge is 0.310 e. The second-order valence-electron chi connectivity index (χ2n) is 26.2. The van der Waals surface area contributed by atoms with E-state index in [2.05, 4.69) is 318 Å². The van der Waals surface area contributed by atoms with Crippen molar-refractivity contribution in [1.29, 1.82) is 0 Å². The lowest BCUT2D eigenvalue weighted by molar-refractivity contribution is 0.590. The van der Waals surface area contributed by atoms with Gasteiger partial charge in [0.2, 0.25) is 0 Å². The first-order chi connectivity index (χ1) is 40.6. The molecule has 410 valence electrons. The number of rotatable bonds is 10. The molecule has 4 aromatic heterocycles. The Morgan fingerprint density at radius 2 is 0.667 bits per heavy atom. The van der Waals surface area contributed by atoms with E-state index in [0.717, 1.165) is 34.1 Å². The number of benzene rings is 11. The van der Waals surface area contributed by atoms with Crippen molar-refractivity contribution in [2.45, 2.75) is 91.9 Å². The molecule has 0 fully saturated rings. The summed E-state index contributed by atoms with van der Waals surface area (Å²) in [6.07, 6.45) is 0. The summed E-state index contributed by atoms with van der Waals surface area (Å²) >= 11 is 0. The molecule has 15 aromatic rings. The van der Waals surface area contributed by atoms with Crippen LogP contribution in [0.1, 0.15) is 103 Å². The third-order valence-corrected chi connectivity index (χ3v) is 18.3. The molecule has 0 bridgehead atoms. The highest BCUT2D eigenvalue weighted by atomic mass is 15.2. The molecular formula is C80H70N4. The predicted molar refractivity (Wildman–Crippen MR) is 362 cm³/mol. The Morgan fingerprint density at radius 1 is 0.310 bits per heavy atom. The van der Waals surface area contributed by atoms with Gasteiger partial charge in [-0.1, -0.05) is 215 Å². The number of aromatic nitrogens is 2. The number of para-hydroxylation sites is 2. The van der Waals surface area contributed by atoms with E-state index < -0.39 is 0 Å². The fourth-order valence-corrected chi connectivity index (χ4v) is 13.8. The molecule has 0 aliphatic carbocycles. The Bertz CT molecular complexity index is 4650. The maximum atomic E-state index is 2.60. The fraction of sp³-hybridized carbons (Fsp3) is 0.175. The summed E-state index contributed by atoms with van der Waals surface area (Å²) in [5.74, 6) is 0.849. The maximum absolute atomic E-state index is 2.60. The molecule has 4 nitrogen and oxygen atoms in total. The van der Waals surface area contributed by atoms with Crippen LogP contribution in [0.15, 0.2) is 231 Å². The molecule has 0 atom stereocenters. The summed E-state index contributed by atoms with van der Waals surface area (Å²) in [7, 11) is 0. The first-order valence-electron chi connectivity index (χ1n) is 30.1. The van der Waals surface area contributed by atoms with Crippen LogP contribution < -0.4 is 9.80 Å². The SMILES string of the molecule is CC(C)c1ccc(N(c2ccccc2)c2ccc3c4cc5c(cc4n4c6cccc(-c7ccc(C(C)(C)C)cc7)c6c2c34)c2ccc(N(c3ccccc3)c3ccc(C(C)C)cc3)c3c4c(-c6ccc(C(C)(C)C)cc6)cccc4n5c23)cc1. The highest BCUT2D eigenvalue weighted by molar-refractivity contribution is 6.34. The predicted octanol–water partition coefficient (Wildman–Crippen LogP) is 23.1. The highest BCUT2D eigenvalue weighted by Crippen LogP contribution is 2.54. The number of anilines is 6. The molecule has 0 spiro atoms. The summed E-state index contributed by atoms with van der Waals surface area (Å²) in [6.45, 7) is 22.9. The van der Waals surface area contributed by atoms with Crippen molar-refractivity contribution in [3.05, 3.63) is 253 Å². The highest BCUT2D eigenvalue weighted by Gasteiger charge is 2.30. The Kier molecular flexibility index (Phi) is 11.7. The van der Waals surface area contributed by atoms with Gasteiger partial charge < -0.3 is 18.6 Å². The van der Waals surface area contributed by atoms with Crippen LogP contribution in [0.5, 0.6) is 0 Å². The van der Waals surface area contributed by atoms with E-state index in [1.165, 1.54) is 121 Å². The first kappa shape index (κ1) is 51.5. The average molecular weight is 1090 g/mol. The van der Waals surface area contributed by atoms with Gasteiger partial charge in [-0.05, 0) is 152 Å². The summed E-state index contributed by atoms with van der Waals surface area (Å²) in [5.41, 5.74) is 24.4. The van der Waals surface area contributed by atoms with Crippen LogP contribution in [0.3, 0.4) is 0 Å². The number of nitrogens with zero attached hydrogens (tertiary/aromatic N) is 4. The minimum atomic E-state index is 0.0371. The van der Waals surface area contributed by atoms with Crippen LogP contribution in [-0.2, 0) is 10.8 Å². The van der Waals surface area contributed by atoms with E-state index in [-0.39, 0.29) is 10.8 Å². The fourth-order valence-electron chi connectivity index (χ4n) is 13.8. The summed E-state index contributed by atoms with van der Waals surface area (Å²) in [6, 6.07) is 87.6. The molecular weight excluding hydrogens is 1020 g/mol. The topological polar surface area (TPSA) is 15.3 Å². The van der Waals surface area contributed by atoms with Gasteiger partial charge in [0.25, 0.3) is 0 Å². The smallest absolute Gasteiger partial charge is 0.0641 e. The number of hydrogen-bond acceptors (Lipinski definition) is 2. The number of hydrogen-bond donors (Lipinski definition) is 0. The van der Waals surface area contributed by atoms with Gasteiger partial charge in [-0.15, -0.1) is 0 Å². The van der Waals surface area contributed by atoms with E-state index in [1.54, 1.807) is 0 Å². The van der Waals surface area contributed by atoms with E-state index in [9.17, 15) is 0 Å². The zero-order valence-electron chi connectivity index (χ0n) is 49.9. The molecule has 0 aliphatic rings. The van der Waals surface area contributed by atoms with Crippen LogP contribution in [0.2, 0.25) is 0 Å². The standard InChI is InChI=1S/C80H70N4/c1-49(2)51-31-39-59(40-32-51)81(57-19-13-11-14-20-57)69-45-43-63-65-47-72-66(48-71(65)83-67-25-17-23-61(73(67)75(69)77(63)83)53-27-35-55(36-28-53)79(5,6)7)64-44-46-70(82(58-21-15-12-16-22-58)60-41-33-52(34-42-60)50(3)4)76-74-62(24-18-26-68(74)84(72)78(64)76)54-29-37-56(38-30-54)80(8,9)10/h11-50H,1-10H3. The molecule has 84 heavy (non-hydrogen) atoms. The normalized spacial score (nSPS) is 12.6. The molecule has 4 heteroatoms. The van der Waals surface area contributed by atoms with Gasteiger partial charge in [0.1, 0.15) is 0 Å². The zero-order chi connectivity index (χ0) is 57.5. The minimum Gasteiger partial charge on any atom is -0.310 e. The average Bonchev–Trinajstić information content (AvgIpc) is 1.78. The van der Waals surface area contributed by atoms with Crippen molar-refractivity contribution >= 4 is 110 Å². The van der Waals surface area contributed by atoms with Crippen molar-refractivity contribution in [3.8, 4) is 22.3 Å². The lowest BCUT2D eigenvalue weighted by atomic mass is 9.86. The first-order valence-corrected chi connectivity index (χ1v) is 30.1. The third-order valence-electron chi connectivity index (χ3n) is 18.3. The second kappa shape index (κ2) is 19.1. The quantitative estimate of drug-likeness (QED) is 0.136. The Balaban J connectivity index is 1.06. The van der Waals surface area contributed by atoms with Crippen molar-refractivity contribution in [2.24, 2.45) is 0 Å². The van der Waals surface area contributed by atoms with Gasteiger partial charge in [-0.3, -0.25) is 0 Å². The van der Waals surface area contributed by atoms with E-state index in [1.807, 2.05) is 0 Å². The molecule has 0 N–H and O–H groups in total. The molecule has 0 saturated carbocycles. The van der Waals surface area contributed by atoms with Crippen molar-refractivity contribution < 1.29 is 0 Å². The molecule has 4 heterocycles. The van der Waals surface area contributed by atoms with Crippen molar-refractivity contribution in [1.82, 2.24) is 8.80 Å².